The van der Waals surface area contributed by atoms with Gasteiger partial charge in [-0.05, 0) is 56.9 Å². The molecule has 0 aromatic carbocycles. The molecule has 0 radical (unpaired) electrons. The summed E-state index contributed by atoms with van der Waals surface area (Å²) in [5, 5.41) is 10.9. The third kappa shape index (κ3) is 20.3. The summed E-state index contributed by atoms with van der Waals surface area (Å²) in [5.41, 5.74) is 1.47. The van der Waals surface area contributed by atoms with E-state index in [1.54, 1.807) is 7.05 Å². The fraction of sp³-hybridized carbons (Fsp3) is 0.744. The van der Waals surface area contributed by atoms with Gasteiger partial charge in [0.1, 0.15) is 12.1 Å². The van der Waals surface area contributed by atoms with E-state index in [2.05, 4.69) is 68.0 Å². The van der Waals surface area contributed by atoms with Gasteiger partial charge >= 0.3 is 0 Å². The monoisotopic (exact) mass is 690 g/mol. The molecule has 0 spiro atoms. The first-order valence-corrected chi connectivity index (χ1v) is 17.6. The Kier molecular flexibility index (Phi) is 25.4. The Bertz CT molecular complexity index is 1060. The quantitative estimate of drug-likeness (QED) is 0.0368. The molecule has 3 amide bonds. The van der Waals surface area contributed by atoms with Gasteiger partial charge in [0.25, 0.3) is 5.91 Å². The average molecular weight is 690 g/mol. The normalized spacial score (nSPS) is 15.4. The number of Topliss-reactive ketones (excluding diaryl/α,β-unsaturated/α-hetero) is 1. The summed E-state index contributed by atoms with van der Waals surface area (Å²) >= 11 is 0. The first-order valence-electron chi connectivity index (χ1n) is 17.6. The second-order valence-corrected chi connectivity index (χ2v) is 14.6. The molecule has 0 aromatic heterocycles. The molecule has 1 aliphatic heterocycles. The maximum absolute atomic E-state index is 13.4. The van der Waals surface area contributed by atoms with Crippen LogP contribution in [0.25, 0.3) is 0 Å². The molecule has 1 rings (SSSR count). The molecule has 1 unspecified atom stereocenters. The van der Waals surface area contributed by atoms with Crippen molar-refractivity contribution in [2.24, 2.45) is 10.8 Å². The number of nitrogens with zero attached hydrogens (tertiary/aromatic N) is 1. The first-order chi connectivity index (χ1) is 22.6. The van der Waals surface area contributed by atoms with E-state index in [0.717, 1.165) is 0 Å². The number of ketones is 1. The molecule has 1 heterocycles. The van der Waals surface area contributed by atoms with E-state index in [-0.39, 0.29) is 33.0 Å². The number of allylic oxidation sites excluding steroid dienone is 1. The highest BCUT2D eigenvalue weighted by Gasteiger charge is 2.42. The number of likely N-dealkylation sites (tertiary alicyclic amines) is 1. The zero-order chi connectivity index (χ0) is 36.8. The number of unbranched alkanes of at least 4 members (excludes halogenated alkanes) is 4. The number of terminal acetylenes is 1. The predicted octanol–water partition coefficient (Wildman–Crippen LogP) is 5.88. The maximum atomic E-state index is 13.4. The van der Waals surface area contributed by atoms with Crippen molar-refractivity contribution in [1.29, 1.82) is 0 Å². The van der Waals surface area contributed by atoms with Crippen molar-refractivity contribution < 1.29 is 23.9 Å². The molecule has 1 fully saturated rings. The zero-order valence-corrected chi connectivity index (χ0v) is 31.4. The van der Waals surface area contributed by atoms with Crippen LogP contribution in [0.5, 0.6) is 0 Å². The minimum atomic E-state index is -1.17. The molecule has 1 aliphatic rings. The Hall–Kier alpha value is -3.00. The lowest BCUT2D eigenvalue weighted by Crippen LogP contribution is -2.58. The summed E-state index contributed by atoms with van der Waals surface area (Å²) in [4.78, 5) is 52.4. The highest BCUT2D eigenvalue weighted by molar-refractivity contribution is 6.38. The standard InChI is InChI=1S/C23H37N5O5.C15H30.CH4/c1-7-10-16(18(29)21(31)25-12-8-2)27-20(30)17-11-9-13-28(17)22(32)19(23(3,4)5)26-15-33-14-24-6;1-6-15(4,5)13-11-9-7-8-10-12-14(2)3;/h1,8,16-17,19,24,26H,2,9-15H2,3-6H3,(H,25,31)(H,27,30);2,6-13H2,1,3-5H3;1H4/t16?,17-,19+;;/m0../s1. The van der Waals surface area contributed by atoms with Gasteiger partial charge in [0.2, 0.25) is 17.6 Å². The SMILES string of the molecule is C.C#CCC(NC(=O)[C@@H]1CCCN1C(=O)[C@@H](NCOCNC)C(C)(C)C)C(=O)C(=O)NCC=C.C=C(C)CCCCCCCC(C)(C)CC. The van der Waals surface area contributed by atoms with Gasteiger partial charge in [-0.1, -0.05) is 92.7 Å². The molecule has 0 aliphatic carbocycles. The molecule has 10 heteroatoms. The van der Waals surface area contributed by atoms with Crippen molar-refractivity contribution in [2.75, 3.05) is 33.6 Å². The van der Waals surface area contributed by atoms with E-state index in [0.29, 0.717) is 31.5 Å². The molecule has 282 valence electrons. The second kappa shape index (κ2) is 25.9. The number of amides is 3. The number of nitrogens with one attached hydrogen (secondary N) is 4. The van der Waals surface area contributed by atoms with Crippen LogP contribution in [-0.2, 0) is 23.9 Å². The van der Waals surface area contributed by atoms with E-state index in [1.165, 1.54) is 67.9 Å². The largest absolute Gasteiger partial charge is 0.351 e. The number of hydrogen-bond acceptors (Lipinski definition) is 7. The van der Waals surface area contributed by atoms with Gasteiger partial charge in [-0.15, -0.1) is 25.5 Å². The van der Waals surface area contributed by atoms with Crippen molar-refractivity contribution in [1.82, 2.24) is 26.2 Å². The van der Waals surface area contributed by atoms with Crippen LogP contribution in [0.3, 0.4) is 0 Å². The summed E-state index contributed by atoms with van der Waals surface area (Å²) in [7, 11) is 1.75. The molecule has 4 N–H and O–H groups in total. The van der Waals surface area contributed by atoms with Crippen LogP contribution < -0.4 is 21.3 Å². The summed E-state index contributed by atoms with van der Waals surface area (Å²) in [6.07, 6.45) is 18.6. The molecule has 3 atom stereocenters. The highest BCUT2D eigenvalue weighted by Crippen LogP contribution is 2.28. The van der Waals surface area contributed by atoms with E-state index in [9.17, 15) is 19.2 Å². The van der Waals surface area contributed by atoms with Gasteiger partial charge in [0.05, 0.1) is 19.5 Å². The van der Waals surface area contributed by atoms with E-state index >= 15 is 0 Å². The minimum Gasteiger partial charge on any atom is -0.351 e. The van der Waals surface area contributed by atoms with Crippen LogP contribution in [-0.4, -0.2) is 80.1 Å². The fourth-order valence-corrected chi connectivity index (χ4v) is 5.27. The lowest BCUT2D eigenvalue weighted by Gasteiger charge is -2.35. The smallest absolute Gasteiger partial charge is 0.289 e. The summed E-state index contributed by atoms with van der Waals surface area (Å²) < 4.78 is 5.38. The molecule has 0 aromatic rings. The summed E-state index contributed by atoms with van der Waals surface area (Å²) in [6.45, 7) is 23.4. The molecular weight excluding hydrogens is 618 g/mol. The lowest BCUT2D eigenvalue weighted by atomic mass is 9.84. The van der Waals surface area contributed by atoms with Crippen molar-refractivity contribution in [2.45, 2.75) is 145 Å². The number of ether oxygens (including phenoxy) is 1. The number of carbonyl (C=O) groups excluding carboxylic acids is 4. The van der Waals surface area contributed by atoms with Gasteiger partial charge in [-0.3, -0.25) is 29.8 Å². The second-order valence-electron chi connectivity index (χ2n) is 14.6. The number of rotatable bonds is 22. The molecular formula is C39H71N5O5. The van der Waals surface area contributed by atoms with Gasteiger partial charge in [-0.25, -0.2) is 0 Å². The van der Waals surface area contributed by atoms with Crippen LogP contribution >= 0.6 is 0 Å². The third-order valence-corrected chi connectivity index (χ3v) is 8.59. The Morgan fingerprint density at radius 1 is 1.06 bits per heavy atom. The van der Waals surface area contributed by atoms with Crippen LogP contribution in [0, 0.1) is 23.2 Å². The van der Waals surface area contributed by atoms with E-state index in [4.69, 9.17) is 11.2 Å². The Morgan fingerprint density at radius 2 is 1.69 bits per heavy atom. The number of carbonyl (C=O) groups is 4. The molecule has 0 bridgehead atoms. The lowest BCUT2D eigenvalue weighted by molar-refractivity contribution is -0.144. The topological polar surface area (TPSA) is 129 Å². The van der Waals surface area contributed by atoms with Crippen LogP contribution in [0.4, 0.5) is 0 Å². The van der Waals surface area contributed by atoms with Gasteiger partial charge in [0, 0.05) is 19.5 Å². The minimum absolute atomic E-state index is 0. The Labute approximate surface area is 299 Å². The third-order valence-electron chi connectivity index (χ3n) is 8.59. The van der Waals surface area contributed by atoms with Crippen LogP contribution in [0.1, 0.15) is 127 Å². The fourth-order valence-electron chi connectivity index (χ4n) is 5.27. The van der Waals surface area contributed by atoms with Crippen LogP contribution in [0.15, 0.2) is 24.8 Å². The van der Waals surface area contributed by atoms with Crippen molar-refractivity contribution >= 4 is 23.5 Å². The Balaban J connectivity index is 0. The predicted molar refractivity (Wildman–Crippen MR) is 203 cm³/mol. The van der Waals surface area contributed by atoms with E-state index < -0.39 is 41.1 Å². The average Bonchev–Trinajstić information content (AvgIpc) is 3.52. The molecule has 0 saturated carbocycles. The van der Waals surface area contributed by atoms with Crippen molar-refractivity contribution in [3.8, 4) is 12.3 Å². The highest BCUT2D eigenvalue weighted by atomic mass is 16.5. The molecule has 49 heavy (non-hydrogen) atoms. The van der Waals surface area contributed by atoms with Gasteiger partial charge in [-0.2, -0.15) is 0 Å². The van der Waals surface area contributed by atoms with Crippen LogP contribution in [0.2, 0.25) is 0 Å². The zero-order valence-electron chi connectivity index (χ0n) is 31.4. The number of hydrogen-bond donors (Lipinski definition) is 4. The van der Waals surface area contributed by atoms with E-state index in [1.807, 2.05) is 20.8 Å². The van der Waals surface area contributed by atoms with Gasteiger partial charge in [0.15, 0.2) is 0 Å². The first kappa shape index (κ1) is 48.1. The molecule has 1 saturated heterocycles. The summed E-state index contributed by atoms with van der Waals surface area (Å²) in [5.74, 6) is -0.110. The molecule has 10 nitrogen and oxygen atoms in total. The summed E-state index contributed by atoms with van der Waals surface area (Å²) in [6, 6.07) is -2.52. The Morgan fingerprint density at radius 3 is 2.24 bits per heavy atom. The van der Waals surface area contributed by atoms with Crippen molar-refractivity contribution in [3.05, 3.63) is 24.8 Å². The van der Waals surface area contributed by atoms with Crippen molar-refractivity contribution in [3.63, 3.8) is 0 Å². The maximum Gasteiger partial charge on any atom is 0.289 e. The van der Waals surface area contributed by atoms with Gasteiger partial charge < -0.3 is 20.3 Å².